The van der Waals surface area contributed by atoms with E-state index in [-0.39, 0.29) is 0 Å². The van der Waals surface area contributed by atoms with Gasteiger partial charge >= 0.3 is 0 Å². The Balaban J connectivity index is 1.81. The summed E-state index contributed by atoms with van der Waals surface area (Å²) in [5.41, 5.74) is 5.65. The Morgan fingerprint density at radius 2 is 1.11 bits per heavy atom. The van der Waals surface area contributed by atoms with Crippen LogP contribution in [-0.2, 0) is 14.1 Å². The lowest BCUT2D eigenvalue weighted by Crippen LogP contribution is -2.15. The molecular weight excluding hydrogens is 346 g/mol. The fraction of sp³-hybridized carbons (Fsp3) is 0.0870. The van der Waals surface area contributed by atoms with Gasteiger partial charge in [0.05, 0.1) is 27.8 Å². The molecule has 5 nitrogen and oxygen atoms in total. The Bertz CT molecular complexity index is 1240. The summed E-state index contributed by atoms with van der Waals surface area (Å²) in [7, 11) is 4.04. The van der Waals surface area contributed by atoms with Gasteiger partial charge in [0.15, 0.2) is 11.6 Å². The van der Waals surface area contributed by atoms with E-state index < -0.39 is 0 Å². The first kappa shape index (κ1) is 16.4. The van der Waals surface area contributed by atoms with E-state index in [0.717, 1.165) is 45.1 Å². The zero-order valence-electron chi connectivity index (χ0n) is 15.7. The van der Waals surface area contributed by atoms with Gasteiger partial charge in [-0.1, -0.05) is 42.5 Å². The molecule has 0 fully saturated rings. The SMILES string of the molecule is Cn1c(C(=Nc2ccccc2)c2nc3ccccc3n2C)nc2ccccc21. The highest BCUT2D eigenvalue weighted by molar-refractivity contribution is 6.12. The predicted molar refractivity (Wildman–Crippen MR) is 113 cm³/mol. The fourth-order valence-corrected chi connectivity index (χ4v) is 3.55. The molecule has 0 bridgehead atoms. The molecule has 5 rings (SSSR count). The van der Waals surface area contributed by atoms with Crippen molar-refractivity contribution in [3.05, 3.63) is 90.5 Å². The molecular formula is C23H19N5. The third-order valence-corrected chi connectivity index (χ3v) is 4.99. The average Bonchev–Trinajstić information content (AvgIpc) is 3.25. The van der Waals surface area contributed by atoms with Crippen LogP contribution in [0.1, 0.15) is 11.6 Å². The first-order chi connectivity index (χ1) is 13.7. The van der Waals surface area contributed by atoms with E-state index >= 15 is 0 Å². The molecule has 0 saturated carbocycles. The molecule has 0 aliphatic rings. The van der Waals surface area contributed by atoms with Crippen molar-refractivity contribution < 1.29 is 0 Å². The molecule has 0 unspecified atom stereocenters. The van der Waals surface area contributed by atoms with Gasteiger partial charge < -0.3 is 9.13 Å². The van der Waals surface area contributed by atoms with Crippen LogP contribution >= 0.6 is 0 Å². The second-order valence-corrected chi connectivity index (χ2v) is 6.76. The molecule has 5 aromatic rings. The van der Waals surface area contributed by atoms with Crippen LogP contribution in [0.4, 0.5) is 5.69 Å². The van der Waals surface area contributed by atoms with Crippen molar-refractivity contribution in [1.82, 2.24) is 19.1 Å². The Morgan fingerprint density at radius 1 is 0.643 bits per heavy atom. The second kappa shape index (κ2) is 6.46. The number of rotatable bonds is 3. The summed E-state index contributed by atoms with van der Waals surface area (Å²) in [6, 6.07) is 26.2. The van der Waals surface area contributed by atoms with E-state index in [1.807, 2.05) is 80.8 Å². The summed E-state index contributed by atoms with van der Waals surface area (Å²) in [6.45, 7) is 0. The largest absolute Gasteiger partial charge is 0.326 e. The minimum absolute atomic E-state index is 0.753. The maximum Gasteiger partial charge on any atom is 0.163 e. The van der Waals surface area contributed by atoms with Crippen LogP contribution in [-0.4, -0.2) is 24.8 Å². The molecule has 28 heavy (non-hydrogen) atoms. The van der Waals surface area contributed by atoms with Gasteiger partial charge in [0.25, 0.3) is 0 Å². The Hall–Kier alpha value is -3.73. The molecule has 0 saturated heterocycles. The second-order valence-electron chi connectivity index (χ2n) is 6.76. The minimum Gasteiger partial charge on any atom is -0.326 e. The van der Waals surface area contributed by atoms with Gasteiger partial charge in [-0.15, -0.1) is 0 Å². The summed E-state index contributed by atoms with van der Waals surface area (Å²) < 4.78 is 4.16. The molecule has 0 aliphatic carbocycles. The van der Waals surface area contributed by atoms with Crippen LogP contribution in [0.5, 0.6) is 0 Å². The number of aryl methyl sites for hydroxylation is 2. The molecule has 0 radical (unpaired) electrons. The van der Waals surface area contributed by atoms with Gasteiger partial charge in [0, 0.05) is 14.1 Å². The molecule has 0 aliphatic heterocycles. The lowest BCUT2D eigenvalue weighted by molar-refractivity contribution is 0.899. The Kier molecular flexibility index (Phi) is 3.79. The maximum atomic E-state index is 4.96. The molecule has 0 amide bonds. The van der Waals surface area contributed by atoms with Crippen LogP contribution in [0.15, 0.2) is 83.9 Å². The van der Waals surface area contributed by atoms with E-state index in [2.05, 4.69) is 21.3 Å². The van der Waals surface area contributed by atoms with Crippen LogP contribution < -0.4 is 0 Å². The van der Waals surface area contributed by atoms with Crippen LogP contribution in [0.25, 0.3) is 22.1 Å². The van der Waals surface area contributed by atoms with Gasteiger partial charge in [-0.25, -0.2) is 15.0 Å². The fourth-order valence-electron chi connectivity index (χ4n) is 3.55. The van der Waals surface area contributed by atoms with Gasteiger partial charge in [-0.05, 0) is 36.4 Å². The number of para-hydroxylation sites is 5. The number of hydrogen-bond donors (Lipinski definition) is 0. The maximum absolute atomic E-state index is 4.96. The normalized spacial score (nSPS) is 11.2. The van der Waals surface area contributed by atoms with Crippen LogP contribution in [0.2, 0.25) is 0 Å². The summed E-state index contributed by atoms with van der Waals surface area (Å²) in [6.07, 6.45) is 0. The van der Waals surface area contributed by atoms with E-state index in [4.69, 9.17) is 15.0 Å². The smallest absolute Gasteiger partial charge is 0.163 e. The predicted octanol–water partition coefficient (Wildman–Crippen LogP) is 4.63. The number of aliphatic imine (C=N–C) groups is 1. The molecule has 2 aromatic heterocycles. The summed E-state index contributed by atoms with van der Waals surface area (Å²) >= 11 is 0. The van der Waals surface area contributed by atoms with Gasteiger partial charge in [0.1, 0.15) is 5.71 Å². The van der Waals surface area contributed by atoms with Crippen LogP contribution in [0, 0.1) is 0 Å². The standard InChI is InChI=1S/C23H19N5/c1-27-19-14-8-6-12-17(19)25-22(27)21(24-16-10-4-3-5-11-16)23-26-18-13-7-9-15-20(18)28(23)2/h3-15H,1-2H3. The zero-order valence-corrected chi connectivity index (χ0v) is 15.7. The van der Waals surface area contributed by atoms with Gasteiger partial charge in [-0.3, -0.25) is 0 Å². The zero-order chi connectivity index (χ0) is 19.1. The third-order valence-electron chi connectivity index (χ3n) is 4.99. The van der Waals surface area contributed by atoms with E-state index in [9.17, 15) is 0 Å². The topological polar surface area (TPSA) is 48.0 Å². The number of benzene rings is 3. The highest BCUT2D eigenvalue weighted by Gasteiger charge is 2.21. The van der Waals surface area contributed by atoms with Crippen LogP contribution in [0.3, 0.4) is 0 Å². The van der Waals surface area contributed by atoms with Crippen molar-refractivity contribution in [2.75, 3.05) is 0 Å². The lowest BCUT2D eigenvalue weighted by atomic mass is 10.3. The van der Waals surface area contributed by atoms with Crippen molar-refractivity contribution in [3.63, 3.8) is 0 Å². The van der Waals surface area contributed by atoms with Crippen molar-refractivity contribution in [2.45, 2.75) is 0 Å². The average molecular weight is 365 g/mol. The van der Waals surface area contributed by atoms with Crippen molar-refractivity contribution in [2.24, 2.45) is 19.1 Å². The number of fused-ring (bicyclic) bond motifs is 2. The number of hydrogen-bond acceptors (Lipinski definition) is 3. The highest BCUT2D eigenvalue weighted by Crippen LogP contribution is 2.23. The van der Waals surface area contributed by atoms with E-state index in [1.54, 1.807) is 0 Å². The lowest BCUT2D eigenvalue weighted by Gasteiger charge is -2.08. The molecule has 136 valence electrons. The molecule has 0 N–H and O–H groups in total. The summed E-state index contributed by atoms with van der Waals surface area (Å²) in [4.78, 5) is 14.7. The highest BCUT2D eigenvalue weighted by atomic mass is 15.1. The quantitative estimate of drug-likeness (QED) is 0.438. The van der Waals surface area contributed by atoms with Gasteiger partial charge in [0.2, 0.25) is 0 Å². The number of imidazole rings is 2. The number of aromatic nitrogens is 4. The van der Waals surface area contributed by atoms with Gasteiger partial charge in [-0.2, -0.15) is 0 Å². The minimum atomic E-state index is 0.753. The summed E-state index contributed by atoms with van der Waals surface area (Å²) in [5, 5.41) is 0. The van der Waals surface area contributed by atoms with Crippen molar-refractivity contribution >= 4 is 33.5 Å². The molecule has 3 aromatic carbocycles. The molecule has 0 spiro atoms. The number of nitrogens with zero attached hydrogens (tertiary/aromatic N) is 5. The Labute approximate surface area is 162 Å². The Morgan fingerprint density at radius 3 is 1.61 bits per heavy atom. The molecule has 5 heteroatoms. The van der Waals surface area contributed by atoms with E-state index in [0.29, 0.717) is 0 Å². The third kappa shape index (κ3) is 2.60. The van der Waals surface area contributed by atoms with Crippen molar-refractivity contribution in [1.29, 1.82) is 0 Å². The molecule has 0 atom stereocenters. The molecule has 2 heterocycles. The first-order valence-corrected chi connectivity index (χ1v) is 9.20. The van der Waals surface area contributed by atoms with Crippen molar-refractivity contribution in [3.8, 4) is 0 Å². The summed E-state index contributed by atoms with van der Waals surface area (Å²) in [5.74, 6) is 1.59. The monoisotopic (exact) mass is 365 g/mol. The first-order valence-electron chi connectivity index (χ1n) is 9.20. The van der Waals surface area contributed by atoms with E-state index in [1.165, 1.54) is 0 Å².